The van der Waals surface area contributed by atoms with Crippen molar-refractivity contribution in [2.24, 2.45) is 0 Å². The van der Waals surface area contributed by atoms with Gasteiger partial charge in [0.25, 0.3) is 0 Å². The Labute approximate surface area is 206 Å². The number of carboxylic acid groups (broad SMARTS) is 1. The number of thiocarbonyl (C=S) groups is 1. The SMILES string of the molecule is CCn1cc(C(=O)O)c(=O)c2cc(F)c(N3CCN(C(=S)NC(C)c4ccc(F)cc4)CC3)cc21. The van der Waals surface area contributed by atoms with E-state index in [1.165, 1.54) is 18.3 Å². The molecule has 1 aliphatic rings. The van der Waals surface area contributed by atoms with Crippen molar-refractivity contribution in [3.05, 3.63) is 75.6 Å². The van der Waals surface area contributed by atoms with E-state index >= 15 is 4.39 Å². The quantitative estimate of drug-likeness (QED) is 0.517. The highest BCUT2D eigenvalue weighted by molar-refractivity contribution is 7.80. The smallest absolute Gasteiger partial charge is 0.341 e. The van der Waals surface area contributed by atoms with Gasteiger partial charge in [-0.3, -0.25) is 4.79 Å². The number of fused-ring (bicyclic) bond motifs is 1. The Morgan fingerprint density at radius 3 is 2.40 bits per heavy atom. The summed E-state index contributed by atoms with van der Waals surface area (Å²) in [5, 5.41) is 13.2. The first-order valence-electron chi connectivity index (χ1n) is 11.4. The van der Waals surface area contributed by atoms with E-state index in [0.717, 1.165) is 11.6 Å². The van der Waals surface area contributed by atoms with E-state index in [4.69, 9.17) is 12.2 Å². The number of nitrogens with zero attached hydrogens (tertiary/aromatic N) is 3. The molecule has 1 unspecified atom stereocenters. The molecule has 1 aromatic heterocycles. The first-order valence-corrected chi connectivity index (χ1v) is 11.8. The Morgan fingerprint density at radius 1 is 1.14 bits per heavy atom. The van der Waals surface area contributed by atoms with Crippen molar-refractivity contribution in [2.75, 3.05) is 31.1 Å². The predicted molar refractivity (Wildman–Crippen MR) is 135 cm³/mol. The summed E-state index contributed by atoms with van der Waals surface area (Å²) in [5.74, 6) is -2.20. The number of piperazine rings is 1. The molecule has 1 atom stereocenters. The summed E-state index contributed by atoms with van der Waals surface area (Å²) in [6.07, 6.45) is 1.30. The highest BCUT2D eigenvalue weighted by Crippen LogP contribution is 2.26. The Hall–Kier alpha value is -3.53. The number of anilines is 1. The lowest BCUT2D eigenvalue weighted by Gasteiger charge is -2.38. The van der Waals surface area contributed by atoms with Crippen molar-refractivity contribution < 1.29 is 18.7 Å². The average Bonchev–Trinajstić information content (AvgIpc) is 2.84. The van der Waals surface area contributed by atoms with Crippen molar-refractivity contribution in [1.29, 1.82) is 0 Å². The monoisotopic (exact) mass is 500 g/mol. The fourth-order valence-electron chi connectivity index (χ4n) is 4.32. The summed E-state index contributed by atoms with van der Waals surface area (Å²) in [5.41, 5.74) is 0.695. The van der Waals surface area contributed by atoms with Crippen LogP contribution in [0.3, 0.4) is 0 Å². The second-order valence-electron chi connectivity index (χ2n) is 8.48. The van der Waals surface area contributed by atoms with E-state index < -0.39 is 17.2 Å². The van der Waals surface area contributed by atoms with E-state index in [1.54, 1.807) is 22.8 Å². The summed E-state index contributed by atoms with van der Waals surface area (Å²) in [4.78, 5) is 27.9. The van der Waals surface area contributed by atoms with Crippen LogP contribution in [0.2, 0.25) is 0 Å². The summed E-state index contributed by atoms with van der Waals surface area (Å²) in [6, 6.07) is 8.90. The Balaban J connectivity index is 1.49. The molecular formula is C25H26F2N4O3S. The maximum absolute atomic E-state index is 15.1. The topological polar surface area (TPSA) is 77.8 Å². The molecule has 0 saturated carbocycles. The first-order chi connectivity index (χ1) is 16.7. The van der Waals surface area contributed by atoms with Gasteiger partial charge in [-0.25, -0.2) is 13.6 Å². The summed E-state index contributed by atoms with van der Waals surface area (Å²) in [6.45, 7) is 6.37. The van der Waals surface area contributed by atoms with Crippen LogP contribution in [-0.4, -0.2) is 51.8 Å². The predicted octanol–water partition coefficient (Wildman–Crippen LogP) is 3.76. The van der Waals surface area contributed by atoms with Crippen molar-refractivity contribution in [3.63, 3.8) is 0 Å². The van der Waals surface area contributed by atoms with Gasteiger partial charge >= 0.3 is 5.97 Å². The third-order valence-corrected chi connectivity index (χ3v) is 6.71. The molecule has 3 aromatic rings. The molecule has 0 bridgehead atoms. The van der Waals surface area contributed by atoms with E-state index in [1.807, 2.05) is 23.6 Å². The minimum absolute atomic E-state index is 0.0480. The molecule has 1 aliphatic heterocycles. The number of carboxylic acids is 1. The lowest BCUT2D eigenvalue weighted by Crippen LogP contribution is -2.52. The van der Waals surface area contributed by atoms with Gasteiger partial charge in [0, 0.05) is 44.3 Å². The largest absolute Gasteiger partial charge is 0.477 e. The molecular weight excluding hydrogens is 474 g/mol. The average molecular weight is 501 g/mol. The lowest BCUT2D eigenvalue weighted by molar-refractivity contribution is 0.0695. The minimum Gasteiger partial charge on any atom is -0.477 e. The van der Waals surface area contributed by atoms with Crippen LogP contribution in [0.5, 0.6) is 0 Å². The summed E-state index contributed by atoms with van der Waals surface area (Å²) < 4.78 is 29.9. The maximum Gasteiger partial charge on any atom is 0.341 e. The number of halogens is 2. The number of nitrogens with one attached hydrogen (secondary N) is 1. The van der Waals surface area contributed by atoms with Crippen molar-refractivity contribution >= 4 is 39.9 Å². The number of hydrogen-bond donors (Lipinski definition) is 2. The van der Waals surface area contributed by atoms with Crippen molar-refractivity contribution in [1.82, 2.24) is 14.8 Å². The zero-order chi connectivity index (χ0) is 25.3. The molecule has 2 heterocycles. The summed E-state index contributed by atoms with van der Waals surface area (Å²) >= 11 is 5.56. The molecule has 0 radical (unpaired) electrons. The molecule has 7 nitrogen and oxygen atoms in total. The first kappa shape index (κ1) is 24.6. The maximum atomic E-state index is 15.1. The van der Waals surface area contributed by atoms with Crippen molar-refractivity contribution in [3.8, 4) is 0 Å². The molecule has 1 saturated heterocycles. The van der Waals surface area contributed by atoms with Crippen LogP contribution in [-0.2, 0) is 6.54 Å². The Bertz CT molecular complexity index is 1340. The van der Waals surface area contributed by atoms with E-state index in [-0.39, 0.29) is 22.8 Å². The van der Waals surface area contributed by atoms with Gasteiger partial charge in [0.05, 0.1) is 17.2 Å². The van der Waals surface area contributed by atoms with E-state index in [2.05, 4.69) is 5.32 Å². The molecule has 10 heteroatoms. The van der Waals surface area contributed by atoms with Gasteiger partial charge in [0.15, 0.2) is 5.11 Å². The number of hydrogen-bond acceptors (Lipinski definition) is 4. The van der Waals surface area contributed by atoms with Crippen molar-refractivity contribution in [2.45, 2.75) is 26.4 Å². The molecule has 35 heavy (non-hydrogen) atoms. The number of aromatic nitrogens is 1. The van der Waals surface area contributed by atoms with Gasteiger partial charge in [-0.05, 0) is 55.9 Å². The van der Waals surface area contributed by atoms with Crippen LogP contribution in [0.15, 0.2) is 47.4 Å². The lowest BCUT2D eigenvalue weighted by atomic mass is 10.1. The third-order valence-electron chi connectivity index (χ3n) is 6.34. The molecule has 0 spiro atoms. The second kappa shape index (κ2) is 9.99. The highest BCUT2D eigenvalue weighted by atomic mass is 32.1. The van der Waals surface area contributed by atoms with E-state index in [9.17, 15) is 19.1 Å². The van der Waals surface area contributed by atoms with Crippen LogP contribution in [0.4, 0.5) is 14.5 Å². The Morgan fingerprint density at radius 2 is 1.80 bits per heavy atom. The molecule has 0 aliphatic carbocycles. The molecule has 2 N–H and O–H groups in total. The van der Waals surface area contributed by atoms with Gasteiger partial charge < -0.3 is 24.8 Å². The van der Waals surface area contributed by atoms with Crippen LogP contribution in [0.25, 0.3) is 10.9 Å². The number of benzene rings is 2. The number of carbonyl (C=O) groups is 1. The van der Waals surface area contributed by atoms with Gasteiger partial charge in [0.1, 0.15) is 17.2 Å². The molecule has 184 valence electrons. The van der Waals surface area contributed by atoms with E-state index in [0.29, 0.717) is 49.0 Å². The van der Waals surface area contributed by atoms with Crippen LogP contribution >= 0.6 is 12.2 Å². The number of aromatic carboxylic acids is 1. The normalized spacial score (nSPS) is 14.7. The Kier molecular flexibility index (Phi) is 7.02. The fraction of sp³-hybridized carbons (Fsp3) is 0.320. The third kappa shape index (κ3) is 4.97. The van der Waals surface area contributed by atoms with Crippen LogP contribution < -0.4 is 15.6 Å². The zero-order valence-corrected chi connectivity index (χ0v) is 20.2. The second-order valence-corrected chi connectivity index (χ2v) is 8.87. The fourth-order valence-corrected chi connectivity index (χ4v) is 4.68. The van der Waals surface area contributed by atoms with Crippen LogP contribution in [0, 0.1) is 11.6 Å². The number of pyridine rings is 1. The summed E-state index contributed by atoms with van der Waals surface area (Å²) in [7, 11) is 0. The molecule has 2 aromatic carbocycles. The minimum atomic E-state index is -1.34. The molecule has 0 amide bonds. The van der Waals surface area contributed by atoms with Crippen LogP contribution in [0.1, 0.15) is 35.8 Å². The van der Waals surface area contributed by atoms with Gasteiger partial charge in [-0.2, -0.15) is 0 Å². The van der Waals surface area contributed by atoms with Gasteiger partial charge in [0.2, 0.25) is 5.43 Å². The number of aryl methyl sites for hydroxylation is 1. The molecule has 1 fully saturated rings. The van der Waals surface area contributed by atoms with Gasteiger partial charge in [-0.1, -0.05) is 12.1 Å². The zero-order valence-electron chi connectivity index (χ0n) is 19.4. The molecule has 4 rings (SSSR count). The highest BCUT2D eigenvalue weighted by Gasteiger charge is 2.24. The number of rotatable bonds is 5. The van der Waals surface area contributed by atoms with Gasteiger partial charge in [-0.15, -0.1) is 0 Å². The standard InChI is InChI=1S/C25H26F2N4O3S/c1-3-29-14-19(24(33)34)23(32)18-12-20(27)22(13-21(18)29)30-8-10-31(11-9-30)25(35)28-15(2)16-4-6-17(26)7-5-16/h4-7,12-15H,3,8-11H2,1-2H3,(H,28,35)(H,33,34).